The molecule has 2 heteroatoms. The average molecular weight is 276 g/mol. The van der Waals surface area contributed by atoms with Crippen LogP contribution in [0.5, 0.6) is 0 Å². The second-order valence-corrected chi connectivity index (χ2v) is 8.61. The largest absolute Gasteiger partial charge is 0.465 e. The molecule has 3 saturated carbocycles. The Hall–Kier alpha value is -0.530. The van der Waals surface area contributed by atoms with Crippen LogP contribution < -0.4 is 0 Å². The molecule has 0 radical (unpaired) electrons. The Labute approximate surface area is 122 Å². The minimum Gasteiger partial charge on any atom is -0.465 e. The molecule has 0 amide bonds. The molecule has 4 rings (SSSR count). The molecule has 1 saturated heterocycles. The summed E-state index contributed by atoms with van der Waals surface area (Å²) in [6.07, 6.45) is 10.5. The van der Waals surface area contributed by atoms with Gasteiger partial charge in [-0.2, -0.15) is 0 Å². The number of hydrogen-bond donors (Lipinski definition) is 0. The third-order valence-electron chi connectivity index (χ3n) is 7.80. The highest BCUT2D eigenvalue weighted by molar-refractivity contribution is 5.70. The molecule has 0 aromatic heterocycles. The van der Waals surface area contributed by atoms with Gasteiger partial charge in [0.25, 0.3) is 0 Å². The minimum absolute atomic E-state index is 0.0486. The number of rotatable bonds is 0. The van der Waals surface area contributed by atoms with Crippen LogP contribution in [0, 0.1) is 34.5 Å². The number of fused-ring (bicyclic) bond motifs is 5. The molecule has 1 unspecified atom stereocenters. The third kappa shape index (κ3) is 1.66. The topological polar surface area (TPSA) is 26.3 Å². The van der Waals surface area contributed by atoms with Crippen LogP contribution in [0.25, 0.3) is 0 Å². The first kappa shape index (κ1) is 13.2. The summed E-state index contributed by atoms with van der Waals surface area (Å²) in [6, 6.07) is 0. The molecule has 20 heavy (non-hydrogen) atoms. The monoisotopic (exact) mass is 276 g/mol. The van der Waals surface area contributed by atoms with E-state index in [-0.39, 0.29) is 11.4 Å². The summed E-state index contributed by atoms with van der Waals surface area (Å²) >= 11 is 0. The molecule has 0 N–H and O–H groups in total. The van der Waals surface area contributed by atoms with Gasteiger partial charge in [-0.3, -0.25) is 4.79 Å². The van der Waals surface area contributed by atoms with E-state index in [0.29, 0.717) is 24.4 Å². The summed E-state index contributed by atoms with van der Waals surface area (Å²) in [5.41, 5.74) is 0.913. The summed E-state index contributed by atoms with van der Waals surface area (Å²) in [6.45, 7) is 5.68. The van der Waals surface area contributed by atoms with Crippen molar-refractivity contribution in [1.29, 1.82) is 0 Å². The molecule has 1 heterocycles. The summed E-state index contributed by atoms with van der Waals surface area (Å²) in [5, 5.41) is 0. The van der Waals surface area contributed by atoms with E-state index >= 15 is 0 Å². The molecule has 4 aliphatic rings. The predicted molar refractivity (Wildman–Crippen MR) is 78.1 cm³/mol. The van der Waals surface area contributed by atoms with Crippen LogP contribution in [-0.2, 0) is 9.53 Å². The fourth-order valence-electron chi connectivity index (χ4n) is 6.58. The number of esters is 1. The van der Waals surface area contributed by atoms with Gasteiger partial charge in [-0.15, -0.1) is 0 Å². The first-order valence-corrected chi connectivity index (χ1v) is 8.69. The maximum atomic E-state index is 11.6. The van der Waals surface area contributed by atoms with Crippen molar-refractivity contribution in [2.45, 2.75) is 65.2 Å². The van der Waals surface area contributed by atoms with Crippen LogP contribution in [0.2, 0.25) is 0 Å². The number of carbonyl (C=O) groups is 1. The summed E-state index contributed by atoms with van der Waals surface area (Å²) in [4.78, 5) is 11.6. The van der Waals surface area contributed by atoms with Crippen LogP contribution in [-0.4, -0.2) is 12.6 Å². The van der Waals surface area contributed by atoms with Crippen molar-refractivity contribution in [2.24, 2.45) is 34.5 Å². The third-order valence-corrected chi connectivity index (χ3v) is 7.80. The van der Waals surface area contributed by atoms with Crippen molar-refractivity contribution in [3.8, 4) is 0 Å². The van der Waals surface area contributed by atoms with E-state index in [1.165, 1.54) is 44.9 Å². The number of carbonyl (C=O) groups excluding carboxylic acids is 1. The SMILES string of the molecule is C[C@@]12CCC[C@H]1[C@@H]1CCC3CC(=O)OC[C@]3(C)[C@H]1CC2. The zero-order valence-corrected chi connectivity index (χ0v) is 13.0. The van der Waals surface area contributed by atoms with E-state index in [9.17, 15) is 4.79 Å². The Morgan fingerprint density at radius 1 is 1.05 bits per heavy atom. The van der Waals surface area contributed by atoms with Crippen LogP contribution >= 0.6 is 0 Å². The summed E-state index contributed by atoms with van der Waals surface area (Å²) in [7, 11) is 0. The van der Waals surface area contributed by atoms with E-state index in [0.717, 1.165) is 17.8 Å². The van der Waals surface area contributed by atoms with Gasteiger partial charge in [-0.1, -0.05) is 20.3 Å². The molecular formula is C18H28O2. The molecule has 0 aromatic carbocycles. The summed E-state index contributed by atoms with van der Waals surface area (Å²) in [5.74, 6) is 3.32. The number of ether oxygens (including phenoxy) is 1. The van der Waals surface area contributed by atoms with E-state index in [1.54, 1.807) is 0 Å². The van der Waals surface area contributed by atoms with Crippen LogP contribution in [0.4, 0.5) is 0 Å². The van der Waals surface area contributed by atoms with Crippen molar-refractivity contribution in [1.82, 2.24) is 0 Å². The van der Waals surface area contributed by atoms with Gasteiger partial charge in [0.15, 0.2) is 0 Å². The lowest BCUT2D eigenvalue weighted by molar-refractivity contribution is -0.179. The highest BCUT2D eigenvalue weighted by Gasteiger charge is 2.58. The number of hydrogen-bond acceptors (Lipinski definition) is 2. The standard InChI is InChI=1S/C18H28O2/c1-17-8-3-4-14(17)13-6-5-12-10-16(19)20-11-18(12,2)15(13)7-9-17/h12-15H,3-11H2,1-2H3/t12?,13-,14-,15-,17-,18-/m0/s1. The quantitative estimate of drug-likeness (QED) is 0.620. The second-order valence-electron chi connectivity index (χ2n) is 8.61. The van der Waals surface area contributed by atoms with Gasteiger partial charge in [0.2, 0.25) is 0 Å². The van der Waals surface area contributed by atoms with Crippen molar-refractivity contribution >= 4 is 5.97 Å². The lowest BCUT2D eigenvalue weighted by Crippen LogP contribution is -2.55. The van der Waals surface area contributed by atoms with Crippen molar-refractivity contribution < 1.29 is 9.53 Å². The van der Waals surface area contributed by atoms with Crippen molar-refractivity contribution in [3.63, 3.8) is 0 Å². The van der Waals surface area contributed by atoms with Crippen LogP contribution in [0.3, 0.4) is 0 Å². The Morgan fingerprint density at radius 3 is 2.75 bits per heavy atom. The van der Waals surface area contributed by atoms with Gasteiger partial charge in [0.1, 0.15) is 0 Å². The molecule has 6 atom stereocenters. The minimum atomic E-state index is 0.0486. The smallest absolute Gasteiger partial charge is 0.306 e. The molecule has 112 valence electrons. The first-order chi connectivity index (χ1) is 9.53. The zero-order valence-electron chi connectivity index (χ0n) is 13.0. The fraction of sp³-hybridized carbons (Fsp3) is 0.944. The van der Waals surface area contributed by atoms with E-state index in [1.807, 2.05) is 0 Å². The summed E-state index contributed by atoms with van der Waals surface area (Å²) < 4.78 is 5.50. The average Bonchev–Trinajstić information content (AvgIpc) is 2.81. The Kier molecular flexibility index (Phi) is 2.79. The Bertz CT molecular complexity index is 431. The van der Waals surface area contributed by atoms with E-state index in [2.05, 4.69) is 13.8 Å². The normalized spacial score (nSPS) is 54.6. The molecule has 2 nitrogen and oxygen atoms in total. The lowest BCUT2D eigenvalue weighted by atomic mass is 9.47. The maximum absolute atomic E-state index is 11.6. The number of cyclic esters (lactones) is 1. The highest BCUT2D eigenvalue weighted by Crippen LogP contribution is 2.64. The molecule has 0 aromatic rings. The van der Waals surface area contributed by atoms with Crippen molar-refractivity contribution in [3.05, 3.63) is 0 Å². The van der Waals surface area contributed by atoms with Crippen LogP contribution in [0.15, 0.2) is 0 Å². The van der Waals surface area contributed by atoms with Gasteiger partial charge in [0, 0.05) is 11.8 Å². The zero-order chi connectivity index (χ0) is 14.0. The predicted octanol–water partition coefficient (Wildman–Crippen LogP) is 4.18. The second kappa shape index (κ2) is 4.24. The van der Waals surface area contributed by atoms with Crippen molar-refractivity contribution in [2.75, 3.05) is 6.61 Å². The highest BCUT2D eigenvalue weighted by atomic mass is 16.5. The molecule has 1 aliphatic heterocycles. The fourth-order valence-corrected chi connectivity index (χ4v) is 6.58. The Morgan fingerprint density at radius 2 is 1.90 bits per heavy atom. The van der Waals surface area contributed by atoms with Gasteiger partial charge in [0.05, 0.1) is 6.61 Å². The van der Waals surface area contributed by atoms with Crippen LogP contribution in [0.1, 0.15) is 65.2 Å². The first-order valence-electron chi connectivity index (χ1n) is 8.69. The molecular weight excluding hydrogens is 248 g/mol. The maximum Gasteiger partial charge on any atom is 0.306 e. The molecule has 0 spiro atoms. The Balaban J connectivity index is 1.64. The molecule has 4 fully saturated rings. The van der Waals surface area contributed by atoms with E-state index < -0.39 is 0 Å². The molecule has 0 bridgehead atoms. The van der Waals surface area contributed by atoms with Gasteiger partial charge >= 0.3 is 5.97 Å². The van der Waals surface area contributed by atoms with E-state index in [4.69, 9.17) is 4.74 Å². The van der Waals surface area contributed by atoms with Gasteiger partial charge in [-0.05, 0) is 67.6 Å². The van der Waals surface area contributed by atoms with Gasteiger partial charge < -0.3 is 4.74 Å². The molecule has 3 aliphatic carbocycles. The van der Waals surface area contributed by atoms with Gasteiger partial charge in [-0.25, -0.2) is 0 Å². The lowest BCUT2D eigenvalue weighted by Gasteiger charge is -2.59.